The van der Waals surface area contributed by atoms with E-state index in [-0.39, 0.29) is 26.8 Å². The first-order valence-corrected chi connectivity index (χ1v) is 1.76. The zero-order chi connectivity index (χ0) is 6.28. The van der Waals surface area contributed by atoms with Crippen molar-refractivity contribution in [1.82, 2.24) is 0 Å². The maximum Gasteiger partial charge on any atom is 2.00 e. The van der Waals surface area contributed by atoms with Gasteiger partial charge in [-0.25, -0.2) is 0 Å². The smallest absolute Gasteiger partial charge is 0.542 e. The van der Waals surface area contributed by atoms with Gasteiger partial charge in [-0.1, -0.05) is 0 Å². The first-order valence-electron chi connectivity index (χ1n) is 1.76. The largest absolute Gasteiger partial charge is 2.00 e. The number of rotatable bonds is 0. The summed E-state index contributed by atoms with van der Waals surface area (Å²) < 4.78 is 0. The summed E-state index contributed by atoms with van der Waals surface area (Å²) in [6, 6.07) is 0. The van der Waals surface area contributed by atoms with Crippen LogP contribution in [0, 0.1) is 6.92 Å². The van der Waals surface area contributed by atoms with Crippen LogP contribution in [0.25, 0.3) is 0 Å². The van der Waals surface area contributed by atoms with E-state index in [9.17, 15) is 4.79 Å². The van der Waals surface area contributed by atoms with Gasteiger partial charge in [0.05, 0.1) is 0 Å². The van der Waals surface area contributed by atoms with Gasteiger partial charge < -0.3 is 16.5 Å². The average molecular weight is 284 g/mol. The van der Waals surface area contributed by atoms with Crippen LogP contribution in [0.4, 0.5) is 0 Å². The Balaban J connectivity index is -0.0000000575. The predicted molar refractivity (Wildman–Crippen MR) is 27.4 cm³/mol. The number of carbonyl (C=O) groups excluding carboxylic acids is 2. The van der Waals surface area contributed by atoms with E-state index in [1.165, 1.54) is 20.1 Å². The van der Waals surface area contributed by atoms with Gasteiger partial charge in [-0.3, -0.25) is 6.29 Å². The van der Waals surface area contributed by atoms with Crippen LogP contribution in [-0.4, -0.2) is 12.1 Å². The van der Waals surface area contributed by atoms with Crippen molar-refractivity contribution in [2.24, 2.45) is 0 Å². The molecule has 0 spiro atoms. The summed E-state index contributed by atoms with van der Waals surface area (Å²) in [4.78, 5) is 18.0. The molecule has 2 nitrogen and oxygen atoms in total. The Kier molecular flexibility index (Phi) is 30.9. The molecule has 0 aromatic heterocycles. The van der Waals surface area contributed by atoms with Gasteiger partial charge in [0.1, 0.15) is 0 Å². The molecule has 0 unspecified atom stereocenters. The molecule has 46 valence electrons. The van der Waals surface area contributed by atoms with E-state index in [1.807, 2.05) is 0 Å². The Bertz CT molecular complexity index is 57.4. The summed E-state index contributed by atoms with van der Waals surface area (Å²) in [5, 5.41) is 0. The number of carbonyl (C=O) groups is 1. The van der Waals surface area contributed by atoms with Gasteiger partial charge in [0, 0.05) is 0 Å². The molecule has 0 saturated carbocycles. The zero-order valence-corrected chi connectivity index (χ0v) is 7.87. The van der Waals surface area contributed by atoms with Gasteiger partial charge in [-0.2, -0.15) is 6.92 Å². The van der Waals surface area contributed by atoms with Crippen molar-refractivity contribution in [3.8, 4) is 0 Å². The third kappa shape index (κ3) is 13700. The number of hydrogen-bond donors (Lipinski definition) is 0. The molecule has 0 aromatic carbocycles. The van der Waals surface area contributed by atoms with Crippen LogP contribution in [-0.2, 0) is 30.7 Å². The molecular weight excluding hydrogens is 276 g/mol. The molecule has 3 heteroatoms. The van der Waals surface area contributed by atoms with Crippen LogP contribution >= 0.6 is 0 Å². The Morgan fingerprint density at radius 2 is 1.62 bits per heavy atom. The Labute approximate surface area is 63.9 Å². The third-order valence-electron chi connectivity index (χ3n) is 0. The second-order valence-corrected chi connectivity index (χ2v) is 0.906. The maximum atomic E-state index is 9.33. The maximum absolute atomic E-state index is 9.33. The van der Waals surface area contributed by atoms with Crippen LogP contribution in [0.1, 0.15) is 13.8 Å². The molecule has 0 bridgehead atoms. The zero-order valence-electron chi connectivity index (χ0n) is 4.93. The van der Waals surface area contributed by atoms with Crippen molar-refractivity contribution < 1.29 is 30.7 Å². The van der Waals surface area contributed by atoms with Gasteiger partial charge in [-0.15, -0.1) is 0 Å². The monoisotopic (exact) mass is 284 g/mol. The van der Waals surface area contributed by atoms with E-state index in [0.717, 1.165) is 0 Å². The van der Waals surface area contributed by atoms with E-state index in [1.54, 1.807) is 0 Å². The summed E-state index contributed by atoms with van der Waals surface area (Å²) in [7, 11) is 0. The van der Waals surface area contributed by atoms with Crippen molar-refractivity contribution in [1.29, 1.82) is 0 Å². The fourth-order valence-electron chi connectivity index (χ4n) is 0. The molecule has 0 amide bonds. The van der Waals surface area contributed by atoms with E-state index in [0.29, 0.717) is 0 Å². The van der Waals surface area contributed by atoms with Gasteiger partial charge >= 0.3 is 21.1 Å². The molecular formula is C5H8O2W. The van der Waals surface area contributed by atoms with Gasteiger partial charge in [-0.05, 0) is 12.7 Å². The minimum atomic E-state index is -0.0833. The van der Waals surface area contributed by atoms with Gasteiger partial charge in [0.25, 0.3) is 0 Å². The van der Waals surface area contributed by atoms with Crippen molar-refractivity contribution in [3.05, 3.63) is 6.92 Å². The second kappa shape index (κ2) is 15.8. The van der Waals surface area contributed by atoms with Crippen molar-refractivity contribution in [3.63, 3.8) is 0 Å². The van der Waals surface area contributed by atoms with E-state index < -0.39 is 0 Å². The van der Waals surface area contributed by atoms with Crippen LogP contribution in [0.15, 0.2) is 0 Å². The first-order chi connectivity index (χ1) is 3.15. The van der Waals surface area contributed by atoms with Crippen molar-refractivity contribution >= 4 is 12.1 Å². The molecule has 0 atom stereocenters. The Hall–Kier alpha value is -0.102. The minimum absolute atomic E-state index is 0. The average Bonchev–Trinajstić information content (AvgIpc) is 1.33. The molecule has 0 aromatic rings. The molecule has 0 N–H and O–H groups in total. The third-order valence-corrected chi connectivity index (χ3v) is 0. The van der Waals surface area contributed by atoms with Crippen LogP contribution in [0.2, 0.25) is 0 Å². The first kappa shape index (κ1) is 15.7. The van der Waals surface area contributed by atoms with Gasteiger partial charge in [0.2, 0.25) is 0 Å². The standard InChI is InChI=1S/C3H5O.C2H3O.W/c1-3(2)4;1-2-3;/h1H2,2H3;1H3;/q2*-1;+2. The summed E-state index contributed by atoms with van der Waals surface area (Å²) in [6.45, 7) is 5.74. The summed E-state index contributed by atoms with van der Waals surface area (Å²) in [5.41, 5.74) is 0. The number of hydrogen-bond acceptors (Lipinski definition) is 2. The molecule has 8 heavy (non-hydrogen) atoms. The molecule has 0 fully saturated rings. The predicted octanol–water partition coefficient (Wildman–Crippen LogP) is 0.523. The van der Waals surface area contributed by atoms with E-state index in [2.05, 4.69) is 6.92 Å². The molecule has 0 aliphatic carbocycles. The molecule has 0 aliphatic heterocycles. The van der Waals surface area contributed by atoms with E-state index in [4.69, 9.17) is 4.79 Å². The molecule has 0 rings (SSSR count). The van der Waals surface area contributed by atoms with Crippen LogP contribution < -0.4 is 0 Å². The Morgan fingerprint density at radius 1 is 1.62 bits per heavy atom. The fourth-order valence-corrected chi connectivity index (χ4v) is 0. The SMILES string of the molecule is C[C-]=O.[CH2-]C(C)=O.[W+2]. The number of Topliss-reactive ketones (excluding diaryl/α,β-unsaturated/α-hetero) is 1. The fraction of sp³-hybridized carbons (Fsp3) is 0.400. The molecule has 0 heterocycles. The Morgan fingerprint density at radius 3 is 1.62 bits per heavy atom. The molecule has 0 saturated heterocycles. The molecule has 0 radical (unpaired) electrons. The van der Waals surface area contributed by atoms with Crippen molar-refractivity contribution in [2.45, 2.75) is 13.8 Å². The van der Waals surface area contributed by atoms with Crippen molar-refractivity contribution in [2.75, 3.05) is 0 Å². The minimum Gasteiger partial charge on any atom is -0.542 e. The topological polar surface area (TPSA) is 34.1 Å². The normalized spacial score (nSPS) is 4.75. The van der Waals surface area contributed by atoms with Crippen LogP contribution in [0.3, 0.4) is 0 Å². The summed E-state index contributed by atoms with van der Waals surface area (Å²) in [5.74, 6) is -0.0833. The summed E-state index contributed by atoms with van der Waals surface area (Å²) in [6.07, 6.45) is 1.50. The molecule has 0 aliphatic rings. The summed E-state index contributed by atoms with van der Waals surface area (Å²) >= 11 is 0. The van der Waals surface area contributed by atoms with E-state index >= 15 is 0 Å². The quantitative estimate of drug-likeness (QED) is 0.608. The number of ketones is 1. The van der Waals surface area contributed by atoms with Crippen LogP contribution in [0.5, 0.6) is 0 Å². The van der Waals surface area contributed by atoms with Gasteiger partial charge in [0.15, 0.2) is 0 Å². The second-order valence-electron chi connectivity index (χ2n) is 0.906.